The minimum atomic E-state index is -2.40. The molecule has 0 fully saturated rings. The average Bonchev–Trinajstić information content (AvgIpc) is 2.78. The van der Waals surface area contributed by atoms with E-state index >= 15 is 0 Å². The van der Waals surface area contributed by atoms with Gasteiger partial charge < -0.3 is 0 Å². The standard InChI is InChI=1S/C28H57O3P/c1-2-3-4-5-6-7-8-9-10-11-12-13-14-15-16-17-18-19-20-21-22-23-24-25-26-27-28-31-32(29)30/h2-28H2,1H3/p+1. The number of rotatable bonds is 28. The van der Waals surface area contributed by atoms with Crippen LogP contribution < -0.4 is 0 Å². The molecule has 0 saturated carbocycles. The number of hydrogen-bond donors (Lipinski definition) is 1. The molecular formula is C28H58O3P+. The Morgan fingerprint density at radius 1 is 0.438 bits per heavy atom. The zero-order valence-electron chi connectivity index (χ0n) is 21.8. The molecule has 1 unspecified atom stereocenters. The third-order valence-corrected chi connectivity index (χ3v) is 7.10. The second-order valence-electron chi connectivity index (χ2n) is 9.91. The van der Waals surface area contributed by atoms with Crippen LogP contribution in [0.5, 0.6) is 0 Å². The van der Waals surface area contributed by atoms with Crippen LogP contribution in [0.15, 0.2) is 0 Å². The van der Waals surface area contributed by atoms with Gasteiger partial charge in [-0.05, 0) is 6.42 Å². The predicted octanol–water partition coefficient (Wildman–Crippen LogP) is 10.8. The Hall–Kier alpha value is 0.0200. The van der Waals surface area contributed by atoms with Gasteiger partial charge in [-0.15, -0.1) is 9.42 Å². The Balaban J connectivity index is 3.00. The topological polar surface area (TPSA) is 46.5 Å². The lowest BCUT2D eigenvalue weighted by atomic mass is 10.0. The third-order valence-electron chi connectivity index (χ3n) is 6.70. The summed E-state index contributed by atoms with van der Waals surface area (Å²) in [4.78, 5) is 8.53. The summed E-state index contributed by atoms with van der Waals surface area (Å²) < 4.78 is 15.0. The normalized spacial score (nSPS) is 11.9. The van der Waals surface area contributed by atoms with Crippen LogP contribution >= 0.6 is 8.25 Å². The number of unbranched alkanes of at least 4 members (excludes halogenated alkanes) is 25. The van der Waals surface area contributed by atoms with Crippen molar-refractivity contribution in [3.63, 3.8) is 0 Å². The molecule has 1 N–H and O–H groups in total. The predicted molar refractivity (Wildman–Crippen MR) is 141 cm³/mol. The maximum atomic E-state index is 10.4. The molecule has 0 rings (SSSR count). The maximum Gasteiger partial charge on any atom is 0.694 e. The zero-order chi connectivity index (χ0) is 23.4. The first-order valence-corrected chi connectivity index (χ1v) is 15.7. The zero-order valence-corrected chi connectivity index (χ0v) is 22.7. The van der Waals surface area contributed by atoms with Crippen molar-refractivity contribution in [1.82, 2.24) is 0 Å². The van der Waals surface area contributed by atoms with Crippen LogP contribution in [0.4, 0.5) is 0 Å². The van der Waals surface area contributed by atoms with Crippen LogP contribution in [0.1, 0.15) is 174 Å². The van der Waals surface area contributed by atoms with E-state index in [-0.39, 0.29) is 0 Å². The summed E-state index contributed by atoms with van der Waals surface area (Å²) in [6.07, 6.45) is 36.2. The molecule has 192 valence electrons. The fourth-order valence-electron chi connectivity index (χ4n) is 4.56. The molecule has 32 heavy (non-hydrogen) atoms. The van der Waals surface area contributed by atoms with Gasteiger partial charge in [0.2, 0.25) is 0 Å². The van der Waals surface area contributed by atoms with Crippen molar-refractivity contribution in [2.45, 2.75) is 174 Å². The SMILES string of the molecule is CCCCCCCCCCCCCCCCCCCCCCCCCCCCO[P+](=O)O. The van der Waals surface area contributed by atoms with E-state index in [1.165, 1.54) is 154 Å². The highest BCUT2D eigenvalue weighted by Gasteiger charge is 2.09. The van der Waals surface area contributed by atoms with Crippen molar-refractivity contribution < 1.29 is 14.0 Å². The highest BCUT2D eigenvalue weighted by atomic mass is 31.1. The van der Waals surface area contributed by atoms with Crippen molar-refractivity contribution in [2.24, 2.45) is 0 Å². The molecule has 0 heterocycles. The van der Waals surface area contributed by atoms with E-state index < -0.39 is 8.25 Å². The molecule has 0 aliphatic rings. The lowest BCUT2D eigenvalue weighted by Crippen LogP contribution is -1.87. The fraction of sp³-hybridized carbons (Fsp3) is 1.00. The molecule has 0 aliphatic carbocycles. The van der Waals surface area contributed by atoms with Gasteiger partial charge in [-0.2, -0.15) is 0 Å². The summed E-state index contributed by atoms with van der Waals surface area (Å²) in [7, 11) is -2.40. The van der Waals surface area contributed by atoms with E-state index in [1.54, 1.807) is 0 Å². The lowest BCUT2D eigenvalue weighted by Gasteiger charge is -2.04. The van der Waals surface area contributed by atoms with Gasteiger partial charge in [0.1, 0.15) is 6.61 Å². The minimum absolute atomic E-state index is 0.422. The Morgan fingerprint density at radius 2 is 0.656 bits per heavy atom. The summed E-state index contributed by atoms with van der Waals surface area (Å²) in [6, 6.07) is 0. The first-order valence-electron chi connectivity index (χ1n) is 14.6. The molecule has 1 atom stereocenters. The van der Waals surface area contributed by atoms with E-state index in [0.717, 1.165) is 12.8 Å². The Labute approximate surface area is 202 Å². The van der Waals surface area contributed by atoms with Crippen LogP contribution in [0, 0.1) is 0 Å². The molecule has 4 heteroatoms. The van der Waals surface area contributed by atoms with E-state index in [9.17, 15) is 4.57 Å². The molecule has 0 saturated heterocycles. The first-order chi connectivity index (χ1) is 15.8. The average molecular weight is 474 g/mol. The fourth-order valence-corrected chi connectivity index (χ4v) is 4.85. The van der Waals surface area contributed by atoms with Crippen LogP contribution in [-0.4, -0.2) is 11.5 Å². The van der Waals surface area contributed by atoms with Crippen LogP contribution in [0.2, 0.25) is 0 Å². The van der Waals surface area contributed by atoms with Crippen molar-refractivity contribution >= 4 is 8.25 Å². The molecule has 0 spiro atoms. The Morgan fingerprint density at radius 3 is 0.875 bits per heavy atom. The second-order valence-corrected chi connectivity index (χ2v) is 10.6. The second kappa shape index (κ2) is 29.1. The van der Waals surface area contributed by atoms with Gasteiger partial charge in [-0.1, -0.05) is 167 Å². The summed E-state index contributed by atoms with van der Waals surface area (Å²) in [5, 5.41) is 0. The van der Waals surface area contributed by atoms with Gasteiger partial charge in [0.05, 0.1) is 0 Å². The third kappa shape index (κ3) is 30.0. The van der Waals surface area contributed by atoms with E-state index in [4.69, 9.17) is 4.89 Å². The van der Waals surface area contributed by atoms with Gasteiger partial charge in [0.15, 0.2) is 0 Å². The van der Waals surface area contributed by atoms with Gasteiger partial charge >= 0.3 is 8.25 Å². The van der Waals surface area contributed by atoms with Crippen LogP contribution in [-0.2, 0) is 9.09 Å². The van der Waals surface area contributed by atoms with E-state index in [1.807, 2.05) is 0 Å². The summed E-state index contributed by atoms with van der Waals surface area (Å²) in [6.45, 7) is 2.72. The molecule has 0 aromatic rings. The van der Waals surface area contributed by atoms with Gasteiger partial charge in [0.25, 0.3) is 0 Å². The van der Waals surface area contributed by atoms with Crippen molar-refractivity contribution in [1.29, 1.82) is 0 Å². The minimum Gasteiger partial charge on any atom is -0.133 e. The largest absolute Gasteiger partial charge is 0.694 e. The molecule has 0 aromatic heterocycles. The Bertz CT molecular complexity index is 363. The van der Waals surface area contributed by atoms with E-state index in [2.05, 4.69) is 11.4 Å². The van der Waals surface area contributed by atoms with Crippen LogP contribution in [0.3, 0.4) is 0 Å². The highest BCUT2D eigenvalue weighted by Crippen LogP contribution is 2.17. The smallest absolute Gasteiger partial charge is 0.133 e. The van der Waals surface area contributed by atoms with Crippen molar-refractivity contribution in [3.8, 4) is 0 Å². The molecule has 0 bridgehead atoms. The number of hydrogen-bond acceptors (Lipinski definition) is 2. The highest BCUT2D eigenvalue weighted by molar-refractivity contribution is 7.32. The molecule has 0 radical (unpaired) electrons. The monoisotopic (exact) mass is 473 g/mol. The molecular weight excluding hydrogens is 415 g/mol. The van der Waals surface area contributed by atoms with Crippen LogP contribution in [0.25, 0.3) is 0 Å². The first kappa shape index (κ1) is 32.0. The Kier molecular flexibility index (Phi) is 29.1. The van der Waals surface area contributed by atoms with E-state index in [0.29, 0.717) is 6.61 Å². The van der Waals surface area contributed by atoms with Crippen molar-refractivity contribution in [3.05, 3.63) is 0 Å². The maximum absolute atomic E-state index is 10.4. The summed E-state index contributed by atoms with van der Waals surface area (Å²) in [5.41, 5.74) is 0. The lowest BCUT2D eigenvalue weighted by molar-refractivity contribution is 0.273. The van der Waals surface area contributed by atoms with Gasteiger partial charge in [-0.25, -0.2) is 0 Å². The molecule has 0 aliphatic heterocycles. The summed E-state index contributed by atoms with van der Waals surface area (Å²) >= 11 is 0. The van der Waals surface area contributed by atoms with Gasteiger partial charge in [-0.3, -0.25) is 0 Å². The van der Waals surface area contributed by atoms with Crippen molar-refractivity contribution in [2.75, 3.05) is 6.61 Å². The molecule has 3 nitrogen and oxygen atoms in total. The molecule has 0 amide bonds. The quantitative estimate of drug-likeness (QED) is 0.0907. The van der Waals surface area contributed by atoms with Gasteiger partial charge in [0, 0.05) is 4.57 Å². The molecule has 0 aromatic carbocycles. The summed E-state index contributed by atoms with van der Waals surface area (Å²) in [5.74, 6) is 0.